The maximum atomic E-state index is 12.1. The maximum absolute atomic E-state index is 12.1. The lowest BCUT2D eigenvalue weighted by Crippen LogP contribution is -2.36. The van der Waals surface area contributed by atoms with Crippen molar-refractivity contribution < 1.29 is 14.5 Å². The average molecular weight is 277 g/mol. The molecule has 1 saturated heterocycles. The Morgan fingerprint density at radius 1 is 1.35 bits per heavy atom. The number of benzene rings is 1. The molecule has 0 unspecified atom stereocenters. The van der Waals surface area contributed by atoms with Gasteiger partial charge in [-0.25, -0.2) is 0 Å². The highest BCUT2D eigenvalue weighted by Gasteiger charge is 2.18. The summed E-state index contributed by atoms with van der Waals surface area (Å²) in [6.45, 7) is 1.66. The standard InChI is InChI=1S/C13H15N3O4/c17-12(8-15-7-1-6-14-13(18)9-15)10-2-4-11(5-3-10)16(19)20/h2-5H,1,6-9H2,(H,14,18). The second kappa shape index (κ2) is 6.25. The van der Waals surface area contributed by atoms with E-state index in [1.807, 2.05) is 0 Å². The van der Waals surface area contributed by atoms with Gasteiger partial charge in [0.25, 0.3) is 5.69 Å². The fourth-order valence-corrected chi connectivity index (χ4v) is 2.07. The van der Waals surface area contributed by atoms with Crippen molar-refractivity contribution >= 4 is 17.4 Å². The molecule has 1 N–H and O–H groups in total. The summed E-state index contributed by atoms with van der Waals surface area (Å²) in [7, 11) is 0. The first kappa shape index (κ1) is 14.1. The number of ketones is 1. The van der Waals surface area contributed by atoms with Crippen LogP contribution in [0.5, 0.6) is 0 Å². The van der Waals surface area contributed by atoms with Crippen LogP contribution in [-0.2, 0) is 4.79 Å². The predicted molar refractivity (Wildman–Crippen MR) is 71.5 cm³/mol. The zero-order valence-corrected chi connectivity index (χ0v) is 10.9. The van der Waals surface area contributed by atoms with Gasteiger partial charge in [-0.1, -0.05) is 0 Å². The molecule has 0 aromatic heterocycles. The average Bonchev–Trinajstić information content (AvgIpc) is 2.63. The molecule has 7 heteroatoms. The SMILES string of the molecule is O=C1CN(CC(=O)c2ccc([N+](=O)[O-])cc2)CCCN1. The first-order chi connectivity index (χ1) is 9.56. The van der Waals surface area contributed by atoms with Gasteiger partial charge < -0.3 is 5.32 Å². The lowest BCUT2D eigenvalue weighted by molar-refractivity contribution is -0.384. The number of non-ortho nitro benzene ring substituents is 1. The Morgan fingerprint density at radius 2 is 2.05 bits per heavy atom. The molecule has 0 radical (unpaired) electrons. The maximum Gasteiger partial charge on any atom is 0.269 e. The highest BCUT2D eigenvalue weighted by molar-refractivity contribution is 5.98. The Labute approximate surface area is 115 Å². The molecule has 1 heterocycles. The normalized spacial score (nSPS) is 16.3. The first-order valence-electron chi connectivity index (χ1n) is 6.33. The zero-order chi connectivity index (χ0) is 14.5. The number of nitrogens with one attached hydrogen (secondary N) is 1. The summed E-state index contributed by atoms with van der Waals surface area (Å²) in [6.07, 6.45) is 0.805. The Balaban J connectivity index is 2.00. The summed E-state index contributed by atoms with van der Waals surface area (Å²) in [5, 5.41) is 13.3. The molecule has 1 aromatic rings. The first-order valence-corrected chi connectivity index (χ1v) is 6.33. The van der Waals surface area contributed by atoms with Gasteiger partial charge in [-0.3, -0.25) is 24.6 Å². The topological polar surface area (TPSA) is 92.5 Å². The van der Waals surface area contributed by atoms with Gasteiger partial charge in [-0.15, -0.1) is 0 Å². The molecule has 106 valence electrons. The molecule has 0 spiro atoms. The van der Waals surface area contributed by atoms with E-state index >= 15 is 0 Å². The second-order valence-electron chi connectivity index (χ2n) is 4.64. The molecule has 0 aliphatic carbocycles. The molecule has 2 rings (SSSR count). The number of nitro benzene ring substituents is 1. The van der Waals surface area contributed by atoms with E-state index in [0.717, 1.165) is 6.42 Å². The van der Waals surface area contributed by atoms with Crippen LogP contribution in [0.4, 0.5) is 5.69 Å². The Bertz CT molecular complexity index is 527. The largest absolute Gasteiger partial charge is 0.355 e. The summed E-state index contributed by atoms with van der Waals surface area (Å²) < 4.78 is 0. The zero-order valence-electron chi connectivity index (χ0n) is 10.9. The third kappa shape index (κ3) is 3.61. The fraction of sp³-hybridized carbons (Fsp3) is 0.385. The van der Waals surface area contributed by atoms with Gasteiger partial charge >= 0.3 is 0 Å². The summed E-state index contributed by atoms with van der Waals surface area (Å²) in [4.78, 5) is 35.3. The van der Waals surface area contributed by atoms with E-state index in [1.54, 1.807) is 4.90 Å². The number of carbonyl (C=O) groups excluding carboxylic acids is 2. The van der Waals surface area contributed by atoms with Gasteiger partial charge in [0.15, 0.2) is 5.78 Å². The van der Waals surface area contributed by atoms with Crippen LogP contribution in [0.25, 0.3) is 0 Å². The van der Waals surface area contributed by atoms with Crippen LogP contribution < -0.4 is 5.32 Å². The van der Waals surface area contributed by atoms with Crippen molar-refractivity contribution in [3.63, 3.8) is 0 Å². The number of rotatable bonds is 4. The second-order valence-corrected chi connectivity index (χ2v) is 4.64. The van der Waals surface area contributed by atoms with E-state index in [9.17, 15) is 19.7 Å². The van der Waals surface area contributed by atoms with Crippen molar-refractivity contribution in [3.05, 3.63) is 39.9 Å². The van der Waals surface area contributed by atoms with Crippen LogP contribution in [0.15, 0.2) is 24.3 Å². The van der Waals surface area contributed by atoms with Crippen molar-refractivity contribution in [1.82, 2.24) is 10.2 Å². The third-order valence-corrected chi connectivity index (χ3v) is 3.11. The predicted octanol–water partition coefficient (Wildman–Crippen LogP) is 0.599. The highest BCUT2D eigenvalue weighted by Crippen LogP contribution is 2.12. The van der Waals surface area contributed by atoms with Crippen LogP contribution in [0, 0.1) is 10.1 Å². The number of nitro groups is 1. The molecule has 7 nitrogen and oxygen atoms in total. The van der Waals surface area contributed by atoms with E-state index in [-0.39, 0.29) is 30.5 Å². The lowest BCUT2D eigenvalue weighted by atomic mass is 10.1. The fourth-order valence-electron chi connectivity index (χ4n) is 2.07. The highest BCUT2D eigenvalue weighted by atomic mass is 16.6. The smallest absolute Gasteiger partial charge is 0.269 e. The quantitative estimate of drug-likeness (QED) is 0.494. The van der Waals surface area contributed by atoms with Crippen molar-refractivity contribution in [2.45, 2.75) is 6.42 Å². The number of carbonyl (C=O) groups is 2. The van der Waals surface area contributed by atoms with Gasteiger partial charge in [0.2, 0.25) is 5.91 Å². The Kier molecular flexibility index (Phi) is 4.41. The molecular weight excluding hydrogens is 262 g/mol. The molecule has 0 saturated carbocycles. The van der Waals surface area contributed by atoms with Crippen molar-refractivity contribution in [1.29, 1.82) is 0 Å². The van der Waals surface area contributed by atoms with Crippen LogP contribution in [-0.4, -0.2) is 47.7 Å². The number of amides is 1. The minimum absolute atomic E-state index is 0.0456. The monoisotopic (exact) mass is 277 g/mol. The summed E-state index contributed by atoms with van der Waals surface area (Å²) in [6, 6.07) is 5.50. The van der Waals surface area contributed by atoms with E-state index < -0.39 is 4.92 Å². The molecule has 20 heavy (non-hydrogen) atoms. The van der Waals surface area contributed by atoms with Crippen LogP contribution >= 0.6 is 0 Å². The van der Waals surface area contributed by atoms with Gasteiger partial charge in [0.05, 0.1) is 18.0 Å². The molecule has 0 atom stereocenters. The third-order valence-electron chi connectivity index (χ3n) is 3.11. The summed E-state index contributed by atoms with van der Waals surface area (Å²) >= 11 is 0. The molecule has 1 fully saturated rings. The number of hydrogen-bond acceptors (Lipinski definition) is 5. The number of nitrogens with zero attached hydrogens (tertiary/aromatic N) is 2. The van der Waals surface area contributed by atoms with E-state index in [2.05, 4.69) is 5.32 Å². The summed E-state index contributed by atoms with van der Waals surface area (Å²) in [5.41, 5.74) is 0.371. The molecule has 1 amide bonds. The van der Waals surface area contributed by atoms with Gasteiger partial charge in [0, 0.05) is 30.8 Å². The van der Waals surface area contributed by atoms with Gasteiger partial charge in [-0.05, 0) is 18.6 Å². The minimum atomic E-state index is -0.507. The molecular formula is C13H15N3O4. The van der Waals surface area contributed by atoms with Crippen LogP contribution in [0.1, 0.15) is 16.8 Å². The van der Waals surface area contributed by atoms with Crippen molar-refractivity contribution in [2.75, 3.05) is 26.2 Å². The Hall–Kier alpha value is -2.28. The minimum Gasteiger partial charge on any atom is -0.355 e. The molecule has 1 aromatic carbocycles. The van der Waals surface area contributed by atoms with Gasteiger partial charge in [-0.2, -0.15) is 0 Å². The van der Waals surface area contributed by atoms with E-state index in [0.29, 0.717) is 18.7 Å². The number of hydrogen-bond donors (Lipinski definition) is 1. The van der Waals surface area contributed by atoms with Crippen molar-refractivity contribution in [2.24, 2.45) is 0 Å². The number of Topliss-reactive ketones (excluding diaryl/α,β-unsaturated/α-hetero) is 1. The van der Waals surface area contributed by atoms with Crippen LogP contribution in [0.3, 0.4) is 0 Å². The molecule has 1 aliphatic heterocycles. The van der Waals surface area contributed by atoms with E-state index in [4.69, 9.17) is 0 Å². The summed E-state index contributed by atoms with van der Waals surface area (Å²) in [5.74, 6) is -0.228. The van der Waals surface area contributed by atoms with Crippen LogP contribution in [0.2, 0.25) is 0 Å². The lowest BCUT2D eigenvalue weighted by Gasteiger charge is -2.17. The van der Waals surface area contributed by atoms with Gasteiger partial charge in [0.1, 0.15) is 0 Å². The molecule has 1 aliphatic rings. The van der Waals surface area contributed by atoms with Crippen molar-refractivity contribution in [3.8, 4) is 0 Å². The van der Waals surface area contributed by atoms with E-state index in [1.165, 1.54) is 24.3 Å². The Morgan fingerprint density at radius 3 is 2.70 bits per heavy atom. The molecule has 0 bridgehead atoms.